The molecule has 3 aromatic rings. The molecule has 0 spiro atoms. The normalized spacial score (nSPS) is 16.6. The van der Waals surface area contributed by atoms with Gasteiger partial charge < -0.3 is 14.8 Å². The van der Waals surface area contributed by atoms with Crippen molar-refractivity contribution in [3.63, 3.8) is 0 Å². The smallest absolute Gasteiger partial charge is 0.261 e. The molecule has 31 heavy (non-hydrogen) atoms. The number of piperidine rings is 1. The van der Waals surface area contributed by atoms with E-state index in [1.54, 1.807) is 24.6 Å². The number of aromatic nitrogens is 2. The first-order valence-electron chi connectivity index (χ1n) is 11.1. The summed E-state index contributed by atoms with van der Waals surface area (Å²) in [6, 6.07) is 8.34. The third-order valence-corrected chi connectivity index (χ3v) is 7.44. The van der Waals surface area contributed by atoms with Gasteiger partial charge in [0.25, 0.3) is 5.91 Å². The number of nitrogens with one attached hydrogen (secondary N) is 1. The molecule has 0 bridgehead atoms. The summed E-state index contributed by atoms with van der Waals surface area (Å²) in [6.45, 7) is 3.61. The predicted molar refractivity (Wildman–Crippen MR) is 124 cm³/mol. The second kappa shape index (κ2) is 9.64. The van der Waals surface area contributed by atoms with Crippen LogP contribution in [0.2, 0.25) is 0 Å². The SMILES string of the molecule is CNC(=O)c1sc2ccccc2c1C[C@H]1CCCCN1C(=O)CCCn1ccnc1C. The number of rotatable bonds is 7. The highest BCUT2D eigenvalue weighted by molar-refractivity contribution is 7.21. The Hall–Kier alpha value is -2.67. The summed E-state index contributed by atoms with van der Waals surface area (Å²) < 4.78 is 3.22. The van der Waals surface area contributed by atoms with Crippen LogP contribution >= 0.6 is 11.3 Å². The number of thiophene rings is 1. The molecule has 1 N–H and O–H groups in total. The summed E-state index contributed by atoms with van der Waals surface area (Å²) in [4.78, 5) is 32.8. The Morgan fingerprint density at radius 1 is 1.26 bits per heavy atom. The van der Waals surface area contributed by atoms with E-state index in [-0.39, 0.29) is 17.9 Å². The van der Waals surface area contributed by atoms with Gasteiger partial charge in [0.05, 0.1) is 4.88 Å². The molecule has 0 unspecified atom stereocenters. The van der Waals surface area contributed by atoms with Gasteiger partial charge in [-0.15, -0.1) is 11.3 Å². The van der Waals surface area contributed by atoms with E-state index < -0.39 is 0 Å². The van der Waals surface area contributed by atoms with E-state index in [0.29, 0.717) is 6.42 Å². The van der Waals surface area contributed by atoms with Crippen LogP contribution in [0.15, 0.2) is 36.7 Å². The number of hydrogen-bond acceptors (Lipinski definition) is 4. The van der Waals surface area contributed by atoms with E-state index in [2.05, 4.69) is 31.9 Å². The summed E-state index contributed by atoms with van der Waals surface area (Å²) in [5, 5.41) is 3.92. The monoisotopic (exact) mass is 438 g/mol. The second-order valence-corrected chi connectivity index (χ2v) is 9.25. The maximum atomic E-state index is 13.1. The molecule has 1 saturated heterocycles. The van der Waals surface area contributed by atoms with Gasteiger partial charge in [0, 0.05) is 49.7 Å². The lowest BCUT2D eigenvalue weighted by molar-refractivity contribution is -0.135. The summed E-state index contributed by atoms with van der Waals surface area (Å²) in [5.41, 5.74) is 1.08. The van der Waals surface area contributed by atoms with E-state index >= 15 is 0 Å². The summed E-state index contributed by atoms with van der Waals surface area (Å²) in [5.74, 6) is 1.17. The van der Waals surface area contributed by atoms with Crippen LogP contribution in [0.5, 0.6) is 0 Å². The number of likely N-dealkylation sites (tertiary alicyclic amines) is 1. The van der Waals surface area contributed by atoms with Crippen molar-refractivity contribution >= 4 is 33.2 Å². The minimum Gasteiger partial charge on any atom is -0.354 e. The largest absolute Gasteiger partial charge is 0.354 e. The van der Waals surface area contributed by atoms with E-state index in [1.807, 2.05) is 25.3 Å². The van der Waals surface area contributed by atoms with Crippen LogP contribution in [0.1, 0.15) is 53.2 Å². The third kappa shape index (κ3) is 4.66. The van der Waals surface area contributed by atoms with Gasteiger partial charge in [0.1, 0.15) is 5.82 Å². The van der Waals surface area contributed by atoms with Gasteiger partial charge in [-0.1, -0.05) is 18.2 Å². The minimum atomic E-state index is -0.0411. The Labute approximate surface area is 187 Å². The molecule has 0 aliphatic carbocycles. The first-order chi connectivity index (χ1) is 15.1. The van der Waals surface area contributed by atoms with Crippen molar-refractivity contribution in [1.29, 1.82) is 0 Å². The molecule has 3 heterocycles. The van der Waals surface area contributed by atoms with Crippen LogP contribution in [-0.2, 0) is 17.8 Å². The number of hydrogen-bond donors (Lipinski definition) is 1. The zero-order valence-corrected chi connectivity index (χ0v) is 19.1. The fourth-order valence-electron chi connectivity index (χ4n) is 4.56. The third-order valence-electron chi connectivity index (χ3n) is 6.23. The maximum Gasteiger partial charge on any atom is 0.261 e. The quantitative estimate of drug-likeness (QED) is 0.602. The van der Waals surface area contributed by atoms with Crippen LogP contribution in [0, 0.1) is 6.92 Å². The predicted octanol–water partition coefficient (Wildman–Crippen LogP) is 4.17. The molecular weight excluding hydrogens is 408 g/mol. The van der Waals surface area contributed by atoms with E-state index in [0.717, 1.165) is 71.5 Å². The Morgan fingerprint density at radius 3 is 2.87 bits per heavy atom. The number of amides is 2. The van der Waals surface area contributed by atoms with Crippen LogP contribution in [0.3, 0.4) is 0 Å². The fourth-order valence-corrected chi connectivity index (χ4v) is 5.74. The van der Waals surface area contributed by atoms with Crippen molar-refractivity contribution in [2.24, 2.45) is 0 Å². The molecule has 0 radical (unpaired) electrons. The van der Waals surface area contributed by atoms with Gasteiger partial charge in [0.15, 0.2) is 0 Å². The highest BCUT2D eigenvalue weighted by Gasteiger charge is 2.29. The average Bonchev–Trinajstić information content (AvgIpc) is 3.37. The minimum absolute atomic E-state index is 0.0411. The molecule has 1 aromatic carbocycles. The zero-order valence-electron chi connectivity index (χ0n) is 18.3. The lowest BCUT2D eigenvalue weighted by Crippen LogP contribution is -2.45. The topological polar surface area (TPSA) is 67.2 Å². The van der Waals surface area contributed by atoms with Crippen LogP contribution < -0.4 is 5.32 Å². The first kappa shape index (κ1) is 21.6. The lowest BCUT2D eigenvalue weighted by atomic mass is 9.93. The van der Waals surface area contributed by atoms with E-state index in [9.17, 15) is 9.59 Å². The van der Waals surface area contributed by atoms with Crippen molar-refractivity contribution < 1.29 is 9.59 Å². The Bertz CT molecular complexity index is 1070. The van der Waals surface area contributed by atoms with Gasteiger partial charge >= 0.3 is 0 Å². The van der Waals surface area contributed by atoms with Crippen molar-refractivity contribution in [2.45, 2.75) is 58.0 Å². The molecule has 0 saturated carbocycles. The molecule has 2 amide bonds. The second-order valence-electron chi connectivity index (χ2n) is 8.20. The van der Waals surface area contributed by atoms with Crippen molar-refractivity contribution in [3.05, 3.63) is 52.9 Å². The van der Waals surface area contributed by atoms with Gasteiger partial charge in [-0.05, 0) is 56.0 Å². The number of aryl methyl sites for hydroxylation is 2. The van der Waals surface area contributed by atoms with Crippen molar-refractivity contribution in [3.8, 4) is 0 Å². The van der Waals surface area contributed by atoms with Gasteiger partial charge in [0.2, 0.25) is 5.91 Å². The van der Waals surface area contributed by atoms with Gasteiger partial charge in [-0.2, -0.15) is 0 Å². The molecule has 1 aliphatic rings. The van der Waals surface area contributed by atoms with Gasteiger partial charge in [-0.3, -0.25) is 9.59 Å². The number of imidazole rings is 1. The Balaban J connectivity index is 1.49. The van der Waals surface area contributed by atoms with Crippen LogP contribution in [0.25, 0.3) is 10.1 Å². The molecule has 4 rings (SSSR count). The molecule has 1 aliphatic heterocycles. The molecule has 164 valence electrons. The fraction of sp³-hybridized carbons (Fsp3) is 0.458. The average molecular weight is 439 g/mol. The number of benzene rings is 1. The Kier molecular flexibility index (Phi) is 6.70. The Morgan fingerprint density at radius 2 is 2.10 bits per heavy atom. The van der Waals surface area contributed by atoms with Crippen LogP contribution in [-0.4, -0.2) is 45.9 Å². The first-order valence-corrected chi connectivity index (χ1v) is 11.9. The highest BCUT2D eigenvalue weighted by Crippen LogP contribution is 2.34. The number of fused-ring (bicyclic) bond motifs is 1. The number of nitrogens with zero attached hydrogens (tertiary/aromatic N) is 3. The highest BCUT2D eigenvalue weighted by atomic mass is 32.1. The van der Waals surface area contributed by atoms with Crippen molar-refractivity contribution in [1.82, 2.24) is 19.8 Å². The van der Waals surface area contributed by atoms with Crippen molar-refractivity contribution in [2.75, 3.05) is 13.6 Å². The molecular formula is C24H30N4O2S. The molecule has 6 nitrogen and oxygen atoms in total. The molecule has 7 heteroatoms. The molecule has 1 atom stereocenters. The lowest BCUT2D eigenvalue weighted by Gasteiger charge is -2.36. The molecule has 1 fully saturated rings. The van der Waals surface area contributed by atoms with E-state index in [4.69, 9.17) is 0 Å². The standard InChI is InChI=1S/C24H30N4O2S/c1-17-26-12-15-27(17)13-7-11-22(29)28-14-6-5-8-18(28)16-20-19-9-3-4-10-21(19)31-23(20)24(30)25-2/h3-4,9-10,12,15,18H,5-8,11,13-14,16H2,1-2H3,(H,25,30)/t18-/m1/s1. The van der Waals surface area contributed by atoms with Gasteiger partial charge in [-0.25, -0.2) is 4.98 Å². The van der Waals surface area contributed by atoms with Crippen LogP contribution in [0.4, 0.5) is 0 Å². The summed E-state index contributed by atoms with van der Waals surface area (Å²) in [6.07, 6.45) is 9.02. The maximum absolute atomic E-state index is 13.1. The van der Waals surface area contributed by atoms with E-state index in [1.165, 1.54) is 0 Å². The number of carbonyl (C=O) groups is 2. The summed E-state index contributed by atoms with van der Waals surface area (Å²) in [7, 11) is 1.68. The number of carbonyl (C=O) groups excluding carboxylic acids is 2. The zero-order chi connectivity index (χ0) is 21.8. The summed E-state index contributed by atoms with van der Waals surface area (Å²) >= 11 is 1.54. The molecule has 2 aromatic heterocycles.